The Morgan fingerprint density at radius 3 is 2.76 bits per heavy atom. The van der Waals surface area contributed by atoms with Gasteiger partial charge in [0.05, 0.1) is 0 Å². The molecule has 1 aromatic carbocycles. The number of halogens is 1. The molecular formula is C23H31FN4O. The molecule has 1 saturated heterocycles. The first-order valence-electron chi connectivity index (χ1n) is 10.9. The Morgan fingerprint density at radius 1 is 1.24 bits per heavy atom. The van der Waals surface area contributed by atoms with Crippen molar-refractivity contribution in [2.45, 2.75) is 52.0 Å². The highest BCUT2D eigenvalue weighted by Gasteiger charge is 2.27. The molecule has 5 nitrogen and oxygen atoms in total. The number of hydrogen-bond donors (Lipinski definition) is 0. The lowest BCUT2D eigenvalue weighted by Crippen LogP contribution is -2.48. The maximum atomic E-state index is 13.6. The lowest BCUT2D eigenvalue weighted by Gasteiger charge is -2.34. The molecule has 3 heterocycles. The van der Waals surface area contributed by atoms with E-state index in [1.54, 1.807) is 6.07 Å². The SMILES string of the molecule is CCCCN1CCN(C(=O)c2cn3c(n2)CCC(c2ccc(F)c(C)c2)C3)CC1. The van der Waals surface area contributed by atoms with Gasteiger partial charge >= 0.3 is 0 Å². The molecule has 2 aliphatic rings. The number of aromatic nitrogens is 2. The van der Waals surface area contributed by atoms with Gasteiger partial charge in [0.25, 0.3) is 5.91 Å². The third-order valence-corrected chi connectivity index (χ3v) is 6.35. The largest absolute Gasteiger partial charge is 0.335 e. The molecule has 1 fully saturated rings. The van der Waals surface area contributed by atoms with Crippen molar-refractivity contribution in [2.24, 2.45) is 0 Å². The molecule has 6 heteroatoms. The van der Waals surface area contributed by atoms with Crippen molar-refractivity contribution in [3.05, 3.63) is 52.9 Å². The average Bonchev–Trinajstić information content (AvgIpc) is 3.17. The van der Waals surface area contributed by atoms with Gasteiger partial charge in [0.1, 0.15) is 17.3 Å². The van der Waals surface area contributed by atoms with Crippen molar-refractivity contribution in [1.82, 2.24) is 19.4 Å². The molecule has 1 amide bonds. The highest BCUT2D eigenvalue weighted by Crippen LogP contribution is 2.30. The fourth-order valence-corrected chi connectivity index (χ4v) is 4.46. The van der Waals surface area contributed by atoms with Crippen LogP contribution in [0.2, 0.25) is 0 Å². The van der Waals surface area contributed by atoms with Gasteiger partial charge in [0.2, 0.25) is 0 Å². The summed E-state index contributed by atoms with van der Waals surface area (Å²) < 4.78 is 15.7. The first-order chi connectivity index (χ1) is 14.0. The fourth-order valence-electron chi connectivity index (χ4n) is 4.46. The summed E-state index contributed by atoms with van der Waals surface area (Å²) in [7, 11) is 0. The molecule has 1 atom stereocenters. The minimum Gasteiger partial charge on any atom is -0.335 e. The summed E-state index contributed by atoms with van der Waals surface area (Å²) >= 11 is 0. The van der Waals surface area contributed by atoms with Crippen LogP contribution >= 0.6 is 0 Å². The van der Waals surface area contributed by atoms with Crippen LogP contribution in [0.25, 0.3) is 0 Å². The number of aryl methyl sites for hydroxylation is 2. The van der Waals surface area contributed by atoms with E-state index in [9.17, 15) is 9.18 Å². The maximum Gasteiger partial charge on any atom is 0.274 e. The van der Waals surface area contributed by atoms with Gasteiger partial charge in [-0.15, -0.1) is 0 Å². The van der Waals surface area contributed by atoms with Crippen LogP contribution in [0.1, 0.15) is 59.5 Å². The van der Waals surface area contributed by atoms with Crippen molar-refractivity contribution in [3.8, 4) is 0 Å². The third-order valence-electron chi connectivity index (χ3n) is 6.35. The van der Waals surface area contributed by atoms with Gasteiger partial charge in [-0.3, -0.25) is 9.69 Å². The van der Waals surface area contributed by atoms with E-state index in [1.165, 1.54) is 18.4 Å². The number of piperazine rings is 1. The van der Waals surface area contributed by atoms with Gasteiger partial charge in [-0.2, -0.15) is 0 Å². The zero-order chi connectivity index (χ0) is 20.4. The Labute approximate surface area is 172 Å². The van der Waals surface area contributed by atoms with E-state index in [-0.39, 0.29) is 11.7 Å². The molecule has 0 bridgehead atoms. The van der Waals surface area contributed by atoms with Crippen molar-refractivity contribution >= 4 is 5.91 Å². The highest BCUT2D eigenvalue weighted by atomic mass is 19.1. The number of fused-ring (bicyclic) bond motifs is 1. The first kappa shape index (κ1) is 20.1. The standard InChI is InChI=1S/C23H31FN4O/c1-3-4-9-26-10-12-27(13-11-26)23(29)21-16-28-15-19(6-8-22(28)25-21)18-5-7-20(24)17(2)14-18/h5,7,14,16,19H,3-4,6,8-13,15H2,1-2H3. The van der Waals surface area contributed by atoms with Crippen LogP contribution in [-0.2, 0) is 13.0 Å². The van der Waals surface area contributed by atoms with Crippen LogP contribution in [0.5, 0.6) is 0 Å². The van der Waals surface area contributed by atoms with E-state index in [1.807, 2.05) is 30.2 Å². The number of unbranched alkanes of at least 4 members (excludes halogenated alkanes) is 1. The lowest BCUT2D eigenvalue weighted by atomic mass is 9.90. The van der Waals surface area contributed by atoms with Gasteiger partial charge in [0, 0.05) is 51.3 Å². The Kier molecular flexibility index (Phi) is 5.99. The molecule has 2 aromatic rings. The molecule has 4 rings (SSSR count). The number of imidazole rings is 1. The monoisotopic (exact) mass is 398 g/mol. The summed E-state index contributed by atoms with van der Waals surface area (Å²) in [6.07, 6.45) is 6.17. The minimum absolute atomic E-state index is 0.0521. The summed E-state index contributed by atoms with van der Waals surface area (Å²) in [5.41, 5.74) is 2.42. The molecule has 156 valence electrons. The molecule has 29 heavy (non-hydrogen) atoms. The van der Waals surface area contributed by atoms with Crippen LogP contribution in [0.15, 0.2) is 24.4 Å². The molecule has 0 spiro atoms. The number of carbonyl (C=O) groups is 1. The number of benzene rings is 1. The fraction of sp³-hybridized carbons (Fsp3) is 0.565. The molecule has 1 aromatic heterocycles. The van der Waals surface area contributed by atoms with Crippen LogP contribution in [0, 0.1) is 12.7 Å². The Bertz CT molecular complexity index is 870. The smallest absolute Gasteiger partial charge is 0.274 e. The molecular weight excluding hydrogens is 367 g/mol. The average molecular weight is 399 g/mol. The summed E-state index contributed by atoms with van der Waals surface area (Å²) in [6.45, 7) is 9.40. The van der Waals surface area contributed by atoms with Crippen LogP contribution < -0.4 is 0 Å². The van der Waals surface area contributed by atoms with Crippen LogP contribution in [-0.4, -0.2) is 58.0 Å². The number of hydrogen-bond acceptors (Lipinski definition) is 3. The number of rotatable bonds is 5. The highest BCUT2D eigenvalue weighted by molar-refractivity contribution is 5.92. The van der Waals surface area contributed by atoms with Crippen molar-refractivity contribution in [3.63, 3.8) is 0 Å². The zero-order valence-corrected chi connectivity index (χ0v) is 17.5. The van der Waals surface area contributed by atoms with Crippen LogP contribution in [0.4, 0.5) is 4.39 Å². The quantitative estimate of drug-likeness (QED) is 0.773. The van der Waals surface area contributed by atoms with Crippen molar-refractivity contribution < 1.29 is 9.18 Å². The summed E-state index contributed by atoms with van der Waals surface area (Å²) in [5, 5.41) is 0. The van der Waals surface area contributed by atoms with E-state index in [4.69, 9.17) is 0 Å². The molecule has 2 aliphatic heterocycles. The second-order valence-corrected chi connectivity index (χ2v) is 8.43. The molecule has 0 saturated carbocycles. The molecule has 0 radical (unpaired) electrons. The third kappa shape index (κ3) is 4.37. The predicted octanol–water partition coefficient (Wildman–Crippen LogP) is 3.62. The first-order valence-corrected chi connectivity index (χ1v) is 10.9. The van der Waals surface area contributed by atoms with Gasteiger partial charge in [-0.1, -0.05) is 25.5 Å². The van der Waals surface area contributed by atoms with Gasteiger partial charge < -0.3 is 9.47 Å². The van der Waals surface area contributed by atoms with Gasteiger partial charge in [-0.25, -0.2) is 9.37 Å². The van der Waals surface area contributed by atoms with E-state index >= 15 is 0 Å². The molecule has 1 unspecified atom stereocenters. The molecule has 0 aliphatic carbocycles. The summed E-state index contributed by atoms with van der Waals surface area (Å²) in [6, 6.07) is 5.40. The number of carbonyl (C=O) groups excluding carboxylic acids is 1. The van der Waals surface area contributed by atoms with Crippen LogP contribution in [0.3, 0.4) is 0 Å². The second-order valence-electron chi connectivity index (χ2n) is 8.43. The van der Waals surface area contributed by atoms with Gasteiger partial charge in [-0.05, 0) is 43.5 Å². The van der Waals surface area contributed by atoms with E-state index in [0.29, 0.717) is 17.2 Å². The molecule has 0 N–H and O–H groups in total. The number of amides is 1. The number of nitrogens with zero attached hydrogens (tertiary/aromatic N) is 4. The Balaban J connectivity index is 1.40. The summed E-state index contributed by atoms with van der Waals surface area (Å²) in [4.78, 5) is 22.0. The second kappa shape index (κ2) is 8.66. The van der Waals surface area contributed by atoms with E-state index in [0.717, 1.165) is 57.9 Å². The zero-order valence-electron chi connectivity index (χ0n) is 17.5. The van der Waals surface area contributed by atoms with E-state index in [2.05, 4.69) is 21.4 Å². The van der Waals surface area contributed by atoms with E-state index < -0.39 is 0 Å². The Morgan fingerprint density at radius 2 is 2.03 bits per heavy atom. The van der Waals surface area contributed by atoms with Gasteiger partial charge in [0.15, 0.2) is 0 Å². The lowest BCUT2D eigenvalue weighted by molar-refractivity contribution is 0.0630. The Hall–Kier alpha value is -2.21. The normalized spacial score (nSPS) is 20.0. The topological polar surface area (TPSA) is 41.4 Å². The summed E-state index contributed by atoms with van der Waals surface area (Å²) in [5.74, 6) is 1.22. The van der Waals surface area contributed by atoms with Crippen molar-refractivity contribution in [1.29, 1.82) is 0 Å². The maximum absolute atomic E-state index is 13.6. The van der Waals surface area contributed by atoms with Crippen molar-refractivity contribution in [2.75, 3.05) is 32.7 Å². The predicted molar refractivity (Wildman–Crippen MR) is 112 cm³/mol. The minimum atomic E-state index is -0.157.